The summed E-state index contributed by atoms with van der Waals surface area (Å²) >= 11 is 0. The largest absolute Gasteiger partial charge is 0.491 e. The van der Waals surface area contributed by atoms with Gasteiger partial charge in [0, 0.05) is 23.6 Å². The molecule has 3 aromatic rings. The number of hydrogen-bond donors (Lipinski definition) is 1. The number of aromatic nitrogens is 3. The molecule has 0 atom stereocenters. The number of benzene rings is 1. The summed E-state index contributed by atoms with van der Waals surface area (Å²) in [7, 11) is -3.46. The van der Waals surface area contributed by atoms with Gasteiger partial charge in [-0.3, -0.25) is 10.1 Å². The van der Waals surface area contributed by atoms with Gasteiger partial charge in [0.1, 0.15) is 5.75 Å². The van der Waals surface area contributed by atoms with E-state index in [9.17, 15) is 17.6 Å². The zero-order valence-corrected chi connectivity index (χ0v) is 15.5. The highest BCUT2D eigenvalue weighted by Crippen LogP contribution is 2.29. The molecule has 3 rings (SSSR count). The first-order valence-electron chi connectivity index (χ1n) is 8.02. The number of hydrogen-bond acceptors (Lipinski definition) is 6. The number of nitrogens with zero attached hydrogens (tertiary/aromatic N) is 3. The van der Waals surface area contributed by atoms with Crippen molar-refractivity contribution in [2.24, 2.45) is 0 Å². The Hall–Kier alpha value is -3.01. The maximum atomic E-state index is 14.6. The third-order valence-electron chi connectivity index (χ3n) is 3.55. The van der Waals surface area contributed by atoms with Gasteiger partial charge in [0.05, 0.1) is 6.61 Å². The third-order valence-corrected chi connectivity index (χ3v) is 4.34. The number of carbonyl (C=O) groups is 1. The predicted octanol–water partition coefficient (Wildman–Crippen LogP) is 1.92. The molecule has 0 aliphatic rings. The minimum Gasteiger partial charge on any atom is -0.491 e. The molecule has 0 saturated heterocycles. The summed E-state index contributed by atoms with van der Waals surface area (Å²) in [5.74, 6) is -1.76. The second-order valence-corrected chi connectivity index (χ2v) is 7.97. The SMILES string of the molecule is CCOc1cccc(-c2ccc3nc(NC(=O)CS(C)(=O)=O)nn3c2)c1F. The van der Waals surface area contributed by atoms with Crippen LogP contribution in [0.5, 0.6) is 5.75 Å². The minimum atomic E-state index is -3.46. The number of halogens is 1. The Kier molecular flexibility index (Phi) is 5.08. The smallest absolute Gasteiger partial charge is 0.249 e. The van der Waals surface area contributed by atoms with Crippen LogP contribution in [0.15, 0.2) is 36.5 Å². The summed E-state index contributed by atoms with van der Waals surface area (Å²) in [5.41, 5.74) is 1.29. The lowest BCUT2D eigenvalue weighted by atomic mass is 10.1. The van der Waals surface area contributed by atoms with Gasteiger partial charge in [-0.2, -0.15) is 4.98 Å². The number of anilines is 1. The summed E-state index contributed by atoms with van der Waals surface area (Å²) in [6.45, 7) is 2.12. The fraction of sp³-hybridized carbons (Fsp3) is 0.235. The second-order valence-electron chi connectivity index (χ2n) is 5.82. The highest BCUT2D eigenvalue weighted by atomic mass is 32.2. The molecule has 2 aromatic heterocycles. The molecule has 1 aromatic carbocycles. The molecule has 0 fully saturated rings. The van der Waals surface area contributed by atoms with E-state index in [1.165, 1.54) is 4.52 Å². The van der Waals surface area contributed by atoms with Crippen LogP contribution >= 0.6 is 0 Å². The van der Waals surface area contributed by atoms with Crippen molar-refractivity contribution < 1.29 is 22.3 Å². The molecule has 1 N–H and O–H groups in total. The molecule has 1 amide bonds. The van der Waals surface area contributed by atoms with E-state index < -0.39 is 27.3 Å². The molecule has 0 unspecified atom stereocenters. The molecular weight excluding hydrogens is 375 g/mol. The van der Waals surface area contributed by atoms with Crippen molar-refractivity contribution in [3.8, 4) is 16.9 Å². The van der Waals surface area contributed by atoms with Crippen LogP contribution in [-0.4, -0.2) is 47.5 Å². The molecule has 8 nitrogen and oxygen atoms in total. The number of pyridine rings is 1. The van der Waals surface area contributed by atoms with Crippen LogP contribution in [0.25, 0.3) is 16.8 Å². The van der Waals surface area contributed by atoms with Crippen molar-refractivity contribution in [3.05, 3.63) is 42.3 Å². The van der Waals surface area contributed by atoms with Crippen LogP contribution in [0.3, 0.4) is 0 Å². The van der Waals surface area contributed by atoms with E-state index >= 15 is 0 Å². The van der Waals surface area contributed by atoms with E-state index in [4.69, 9.17) is 4.74 Å². The molecule has 2 heterocycles. The fourth-order valence-corrected chi connectivity index (χ4v) is 3.04. The Balaban J connectivity index is 1.91. The second kappa shape index (κ2) is 7.31. The number of carbonyl (C=O) groups excluding carboxylic acids is 1. The lowest BCUT2D eigenvalue weighted by Crippen LogP contribution is -2.22. The summed E-state index contributed by atoms with van der Waals surface area (Å²) in [6, 6.07) is 8.13. The van der Waals surface area contributed by atoms with Crippen LogP contribution in [0, 0.1) is 5.82 Å². The molecule has 0 bridgehead atoms. The zero-order valence-electron chi connectivity index (χ0n) is 14.6. The molecular formula is C17H17FN4O4S. The Labute approximate surface area is 154 Å². The van der Waals surface area contributed by atoms with E-state index in [2.05, 4.69) is 15.4 Å². The van der Waals surface area contributed by atoms with Crippen LogP contribution in [0.1, 0.15) is 6.92 Å². The van der Waals surface area contributed by atoms with Crippen molar-refractivity contribution in [2.45, 2.75) is 6.92 Å². The quantitative estimate of drug-likeness (QED) is 0.688. The molecule has 10 heteroatoms. The Bertz CT molecular complexity index is 1110. The first-order chi connectivity index (χ1) is 12.8. The average Bonchev–Trinajstić information content (AvgIpc) is 2.96. The van der Waals surface area contributed by atoms with Crippen LogP contribution in [0.2, 0.25) is 0 Å². The molecule has 0 spiro atoms. The molecule has 0 aliphatic heterocycles. The summed E-state index contributed by atoms with van der Waals surface area (Å²) < 4.78 is 43.6. The Morgan fingerprint density at radius 1 is 1.30 bits per heavy atom. The number of sulfone groups is 1. The molecule has 0 saturated carbocycles. The van der Waals surface area contributed by atoms with Crippen molar-refractivity contribution >= 4 is 27.3 Å². The maximum absolute atomic E-state index is 14.6. The Morgan fingerprint density at radius 3 is 2.78 bits per heavy atom. The van der Waals surface area contributed by atoms with Gasteiger partial charge in [-0.25, -0.2) is 17.3 Å². The normalized spacial score (nSPS) is 11.5. The minimum absolute atomic E-state index is 0.0376. The van der Waals surface area contributed by atoms with Gasteiger partial charge in [0.2, 0.25) is 11.9 Å². The third kappa shape index (κ3) is 4.40. The monoisotopic (exact) mass is 392 g/mol. The number of ether oxygens (including phenoxy) is 1. The topological polar surface area (TPSA) is 103 Å². The lowest BCUT2D eigenvalue weighted by molar-refractivity contribution is -0.113. The summed E-state index contributed by atoms with van der Waals surface area (Å²) in [5, 5.41) is 6.41. The van der Waals surface area contributed by atoms with E-state index in [1.807, 2.05) is 0 Å². The van der Waals surface area contributed by atoms with Crippen molar-refractivity contribution in [3.63, 3.8) is 0 Å². The predicted molar refractivity (Wildman–Crippen MR) is 97.9 cm³/mol. The fourth-order valence-electron chi connectivity index (χ4n) is 2.50. The van der Waals surface area contributed by atoms with Gasteiger partial charge in [-0.05, 0) is 25.1 Å². The highest BCUT2D eigenvalue weighted by Gasteiger charge is 2.15. The van der Waals surface area contributed by atoms with Crippen LogP contribution < -0.4 is 10.1 Å². The van der Waals surface area contributed by atoms with Crippen molar-refractivity contribution in [1.82, 2.24) is 14.6 Å². The van der Waals surface area contributed by atoms with Gasteiger partial charge in [-0.1, -0.05) is 12.1 Å². The van der Waals surface area contributed by atoms with E-state index in [1.54, 1.807) is 43.5 Å². The van der Waals surface area contributed by atoms with E-state index in [0.29, 0.717) is 23.4 Å². The van der Waals surface area contributed by atoms with Crippen molar-refractivity contribution in [1.29, 1.82) is 0 Å². The van der Waals surface area contributed by atoms with E-state index in [0.717, 1.165) is 6.26 Å². The van der Waals surface area contributed by atoms with Gasteiger partial charge < -0.3 is 4.74 Å². The molecule has 27 heavy (non-hydrogen) atoms. The first kappa shape index (κ1) is 18.8. The van der Waals surface area contributed by atoms with Crippen LogP contribution in [0.4, 0.5) is 10.3 Å². The number of nitrogens with one attached hydrogen (secondary N) is 1. The van der Waals surface area contributed by atoms with Gasteiger partial charge >= 0.3 is 0 Å². The first-order valence-corrected chi connectivity index (χ1v) is 10.1. The number of fused-ring (bicyclic) bond motifs is 1. The zero-order chi connectivity index (χ0) is 19.6. The lowest BCUT2D eigenvalue weighted by Gasteiger charge is -2.09. The molecule has 0 radical (unpaired) electrons. The molecule has 142 valence electrons. The summed E-state index contributed by atoms with van der Waals surface area (Å²) in [6.07, 6.45) is 2.52. The van der Waals surface area contributed by atoms with E-state index in [-0.39, 0.29) is 11.7 Å². The van der Waals surface area contributed by atoms with Gasteiger partial charge in [0.25, 0.3) is 0 Å². The highest BCUT2D eigenvalue weighted by molar-refractivity contribution is 7.91. The van der Waals surface area contributed by atoms with Gasteiger partial charge in [0.15, 0.2) is 27.1 Å². The summed E-state index contributed by atoms with van der Waals surface area (Å²) in [4.78, 5) is 15.8. The number of amides is 1. The Morgan fingerprint density at radius 2 is 2.07 bits per heavy atom. The average molecular weight is 392 g/mol. The number of rotatable bonds is 6. The van der Waals surface area contributed by atoms with Gasteiger partial charge in [-0.15, -0.1) is 5.10 Å². The maximum Gasteiger partial charge on any atom is 0.249 e. The standard InChI is InChI=1S/C17H17FN4O4S/c1-3-26-13-6-4-5-12(16(13)18)11-7-8-14-19-17(21-22(14)9-11)20-15(23)10-27(2,24)25/h4-9H,3,10H2,1-2H3,(H,20,21,23). The van der Waals surface area contributed by atoms with Crippen molar-refractivity contribution in [2.75, 3.05) is 23.9 Å². The van der Waals surface area contributed by atoms with Crippen LogP contribution in [-0.2, 0) is 14.6 Å². The molecule has 0 aliphatic carbocycles.